The van der Waals surface area contributed by atoms with Crippen LogP contribution in [0.2, 0.25) is 5.02 Å². The quantitative estimate of drug-likeness (QED) is 0.921. The number of benzene rings is 1. The molecule has 0 aromatic heterocycles. The number of rotatable bonds is 3. The smallest absolute Gasteiger partial charge is 0.207 e. The highest BCUT2D eigenvalue weighted by Crippen LogP contribution is 2.20. The number of nitrogens with one attached hydrogen (secondary N) is 1. The first-order valence-corrected chi connectivity index (χ1v) is 7.95. The fourth-order valence-corrected chi connectivity index (χ4v) is 4.18. The van der Waals surface area contributed by atoms with Crippen molar-refractivity contribution in [2.24, 2.45) is 0 Å². The van der Waals surface area contributed by atoms with E-state index in [2.05, 4.69) is 4.72 Å². The first-order chi connectivity index (χ1) is 7.58. The number of thioether (sulfide) groups is 1. The Balaban J connectivity index is 2.14. The van der Waals surface area contributed by atoms with Gasteiger partial charge in [-0.3, -0.25) is 0 Å². The second kappa shape index (κ2) is 4.96. The molecule has 88 valence electrons. The van der Waals surface area contributed by atoms with Gasteiger partial charge in [0, 0.05) is 16.8 Å². The zero-order chi connectivity index (χ0) is 11.6. The van der Waals surface area contributed by atoms with Gasteiger partial charge in [0.15, 0.2) is 0 Å². The lowest BCUT2D eigenvalue weighted by Gasteiger charge is -2.11. The molecule has 0 radical (unpaired) electrons. The molecule has 1 fully saturated rings. The molecule has 1 N–H and O–H groups in total. The molecule has 0 unspecified atom stereocenters. The highest BCUT2D eigenvalue weighted by Gasteiger charge is 2.22. The summed E-state index contributed by atoms with van der Waals surface area (Å²) in [5.74, 6) is 1.88. The van der Waals surface area contributed by atoms with Crippen molar-refractivity contribution in [1.82, 2.24) is 4.72 Å². The second-order valence-corrected chi connectivity index (χ2v) is 6.94. The van der Waals surface area contributed by atoms with Crippen LogP contribution in [0.3, 0.4) is 0 Å². The number of hydrogen-bond acceptors (Lipinski definition) is 3. The molecule has 0 spiro atoms. The summed E-state index contributed by atoms with van der Waals surface area (Å²) in [5.41, 5.74) is 0. The molecule has 6 heteroatoms. The van der Waals surface area contributed by atoms with Gasteiger partial charge in [0.1, 0.15) is 0 Å². The van der Waals surface area contributed by atoms with Crippen LogP contribution in [0.4, 0.5) is 0 Å². The average Bonchev–Trinajstić information content (AvgIpc) is 2.70. The summed E-state index contributed by atoms with van der Waals surface area (Å²) in [7, 11) is -3.38. The van der Waals surface area contributed by atoms with Gasteiger partial charge in [-0.05, 0) is 36.4 Å². The summed E-state index contributed by atoms with van der Waals surface area (Å²) in [5, 5.41) is 0.537. The van der Waals surface area contributed by atoms with Crippen LogP contribution in [0.25, 0.3) is 0 Å². The molecule has 1 saturated heterocycles. The summed E-state index contributed by atoms with van der Waals surface area (Å²) in [6.45, 7) is 0. The van der Waals surface area contributed by atoms with E-state index in [0.717, 1.165) is 17.9 Å². The number of hydrogen-bond donors (Lipinski definition) is 1. The topological polar surface area (TPSA) is 46.2 Å². The fourth-order valence-electron chi connectivity index (χ4n) is 1.53. The fraction of sp³-hybridized carbons (Fsp3) is 0.400. The largest absolute Gasteiger partial charge is 0.240 e. The van der Waals surface area contributed by atoms with Crippen molar-refractivity contribution >= 4 is 33.4 Å². The lowest BCUT2D eigenvalue weighted by Crippen LogP contribution is -2.34. The SMILES string of the molecule is O=S(=O)(N[C@@H]1CCSC1)c1ccc(Cl)cc1. The van der Waals surface area contributed by atoms with E-state index in [1.54, 1.807) is 23.9 Å². The van der Waals surface area contributed by atoms with Gasteiger partial charge >= 0.3 is 0 Å². The maximum absolute atomic E-state index is 11.9. The minimum absolute atomic E-state index is 0.0608. The average molecular weight is 278 g/mol. The van der Waals surface area contributed by atoms with Crippen molar-refractivity contribution in [1.29, 1.82) is 0 Å². The molecule has 0 aliphatic carbocycles. The Labute approximate surface area is 105 Å². The lowest BCUT2D eigenvalue weighted by molar-refractivity contribution is 0.563. The molecule has 0 bridgehead atoms. The molecule has 3 nitrogen and oxygen atoms in total. The monoisotopic (exact) mass is 277 g/mol. The summed E-state index contributed by atoms with van der Waals surface area (Å²) in [6.07, 6.45) is 0.900. The molecule has 2 rings (SSSR count). The highest BCUT2D eigenvalue weighted by molar-refractivity contribution is 7.99. The minimum Gasteiger partial charge on any atom is -0.207 e. The Morgan fingerprint density at radius 3 is 2.56 bits per heavy atom. The number of halogens is 1. The van der Waals surface area contributed by atoms with Crippen LogP contribution in [0, 0.1) is 0 Å². The van der Waals surface area contributed by atoms with E-state index in [0.29, 0.717) is 5.02 Å². The summed E-state index contributed by atoms with van der Waals surface area (Å²) < 4.78 is 26.6. The van der Waals surface area contributed by atoms with Crippen molar-refractivity contribution < 1.29 is 8.42 Å². The zero-order valence-electron chi connectivity index (χ0n) is 8.52. The zero-order valence-corrected chi connectivity index (χ0v) is 10.9. The Bertz CT molecular complexity index is 452. The molecular formula is C10H12ClNO2S2. The van der Waals surface area contributed by atoms with Crippen molar-refractivity contribution in [2.45, 2.75) is 17.4 Å². The molecule has 1 aromatic rings. The van der Waals surface area contributed by atoms with Gasteiger partial charge in [0.2, 0.25) is 10.0 Å². The van der Waals surface area contributed by atoms with Crippen LogP contribution in [0.1, 0.15) is 6.42 Å². The van der Waals surface area contributed by atoms with Gasteiger partial charge in [-0.1, -0.05) is 11.6 Å². The van der Waals surface area contributed by atoms with Crippen molar-refractivity contribution in [2.75, 3.05) is 11.5 Å². The van der Waals surface area contributed by atoms with Gasteiger partial charge < -0.3 is 0 Å². The third-order valence-electron chi connectivity index (χ3n) is 2.38. The molecule has 0 saturated carbocycles. The van der Waals surface area contributed by atoms with E-state index < -0.39 is 10.0 Å². The predicted molar refractivity (Wildman–Crippen MR) is 67.5 cm³/mol. The van der Waals surface area contributed by atoms with Gasteiger partial charge in [-0.25, -0.2) is 13.1 Å². The minimum atomic E-state index is -3.38. The summed E-state index contributed by atoms with van der Waals surface area (Å²) in [4.78, 5) is 0.272. The first kappa shape index (κ1) is 12.2. The van der Waals surface area contributed by atoms with E-state index in [-0.39, 0.29) is 10.9 Å². The van der Waals surface area contributed by atoms with Crippen LogP contribution in [-0.2, 0) is 10.0 Å². The Hall–Kier alpha value is -0.230. The van der Waals surface area contributed by atoms with Crippen molar-refractivity contribution in [3.8, 4) is 0 Å². The normalized spacial score (nSPS) is 21.2. The third-order valence-corrected chi connectivity index (χ3v) is 5.33. The van der Waals surface area contributed by atoms with Crippen LogP contribution >= 0.6 is 23.4 Å². The molecule has 0 amide bonds. The van der Waals surface area contributed by atoms with E-state index in [1.807, 2.05) is 0 Å². The first-order valence-electron chi connectivity index (χ1n) is 4.93. The maximum Gasteiger partial charge on any atom is 0.240 e. The standard InChI is InChI=1S/C10H12ClNO2S2/c11-8-1-3-10(4-2-8)16(13,14)12-9-5-6-15-7-9/h1-4,9,12H,5-7H2/t9-/m1/s1. The van der Waals surface area contributed by atoms with Crippen LogP contribution in [0.15, 0.2) is 29.2 Å². The van der Waals surface area contributed by atoms with Crippen molar-refractivity contribution in [3.05, 3.63) is 29.3 Å². The molecular weight excluding hydrogens is 266 g/mol. The highest BCUT2D eigenvalue weighted by atomic mass is 35.5. The molecule has 1 heterocycles. The predicted octanol–water partition coefficient (Wildman–Crippen LogP) is 2.12. The van der Waals surface area contributed by atoms with Crippen LogP contribution in [-0.4, -0.2) is 26.0 Å². The van der Waals surface area contributed by atoms with E-state index in [1.165, 1.54) is 12.1 Å². The van der Waals surface area contributed by atoms with Crippen LogP contribution in [0.5, 0.6) is 0 Å². The summed E-state index contributed by atoms with van der Waals surface area (Å²) in [6, 6.07) is 6.27. The lowest BCUT2D eigenvalue weighted by atomic mass is 10.3. The Kier molecular flexibility index (Phi) is 3.79. The van der Waals surface area contributed by atoms with Crippen molar-refractivity contribution in [3.63, 3.8) is 0 Å². The molecule has 1 atom stereocenters. The maximum atomic E-state index is 11.9. The molecule has 16 heavy (non-hydrogen) atoms. The van der Waals surface area contributed by atoms with Gasteiger partial charge in [-0.2, -0.15) is 11.8 Å². The van der Waals surface area contributed by atoms with E-state index >= 15 is 0 Å². The molecule has 1 aliphatic heterocycles. The van der Waals surface area contributed by atoms with E-state index in [9.17, 15) is 8.42 Å². The Morgan fingerprint density at radius 1 is 1.31 bits per heavy atom. The van der Waals surface area contributed by atoms with E-state index in [4.69, 9.17) is 11.6 Å². The Morgan fingerprint density at radius 2 is 2.00 bits per heavy atom. The third kappa shape index (κ3) is 2.91. The van der Waals surface area contributed by atoms with Gasteiger partial charge in [0.05, 0.1) is 4.90 Å². The van der Waals surface area contributed by atoms with Crippen LogP contribution < -0.4 is 4.72 Å². The van der Waals surface area contributed by atoms with Gasteiger partial charge in [-0.15, -0.1) is 0 Å². The molecule has 1 aliphatic rings. The summed E-state index contributed by atoms with van der Waals surface area (Å²) >= 11 is 7.49. The second-order valence-electron chi connectivity index (χ2n) is 3.64. The molecule has 1 aromatic carbocycles. The number of sulfonamides is 1. The van der Waals surface area contributed by atoms with Gasteiger partial charge in [0.25, 0.3) is 0 Å².